The fraction of sp³-hybridized carbons (Fsp3) is 0.185. The van der Waals surface area contributed by atoms with E-state index in [0.29, 0.717) is 30.2 Å². The molecule has 1 aliphatic heterocycles. The molecule has 1 unspecified atom stereocenters. The van der Waals surface area contributed by atoms with Crippen molar-refractivity contribution in [2.75, 3.05) is 13.2 Å². The zero-order valence-corrected chi connectivity index (χ0v) is 18.3. The van der Waals surface area contributed by atoms with Crippen LogP contribution in [-0.2, 0) is 6.54 Å². The van der Waals surface area contributed by atoms with Crippen LogP contribution in [0.2, 0.25) is 0 Å². The van der Waals surface area contributed by atoms with Crippen LogP contribution in [0.5, 0.6) is 11.5 Å². The molecule has 6 nitrogen and oxygen atoms in total. The summed E-state index contributed by atoms with van der Waals surface area (Å²) in [5.74, 6) is 1.05. The Morgan fingerprint density at radius 3 is 2.55 bits per heavy atom. The lowest BCUT2D eigenvalue weighted by atomic mass is 10.1. The summed E-state index contributed by atoms with van der Waals surface area (Å²) in [4.78, 5) is 26.1. The summed E-state index contributed by atoms with van der Waals surface area (Å²) in [6, 6.07) is 24.4. The second kappa shape index (κ2) is 8.82. The molecule has 0 saturated carbocycles. The molecule has 4 aromatic rings. The number of nitrogens with one attached hydrogen (secondary N) is 1. The van der Waals surface area contributed by atoms with E-state index < -0.39 is 0 Å². The van der Waals surface area contributed by atoms with E-state index in [0.717, 1.165) is 16.5 Å². The van der Waals surface area contributed by atoms with Gasteiger partial charge in [-0.3, -0.25) is 9.59 Å². The van der Waals surface area contributed by atoms with Crippen molar-refractivity contribution in [2.24, 2.45) is 0 Å². The number of carbonyl (C=O) groups excluding carboxylic acids is 1. The molecule has 0 bridgehead atoms. The number of benzene rings is 3. The lowest BCUT2D eigenvalue weighted by molar-refractivity contribution is 0.0790. The third-order valence-electron chi connectivity index (χ3n) is 5.78. The Kier molecular flexibility index (Phi) is 5.57. The van der Waals surface area contributed by atoms with Gasteiger partial charge in [-0.25, -0.2) is 0 Å². The molecule has 1 N–H and O–H groups in total. The summed E-state index contributed by atoms with van der Waals surface area (Å²) >= 11 is 0. The van der Waals surface area contributed by atoms with E-state index in [1.54, 1.807) is 4.57 Å². The van der Waals surface area contributed by atoms with E-state index >= 15 is 0 Å². The van der Waals surface area contributed by atoms with Gasteiger partial charge in [0.15, 0.2) is 11.5 Å². The molecule has 1 atom stereocenters. The predicted molar refractivity (Wildman–Crippen MR) is 127 cm³/mol. The Balaban J connectivity index is 1.38. The molecule has 3 aromatic carbocycles. The van der Waals surface area contributed by atoms with E-state index in [2.05, 4.69) is 5.32 Å². The Morgan fingerprint density at radius 2 is 1.73 bits per heavy atom. The van der Waals surface area contributed by atoms with Crippen LogP contribution in [0.15, 0.2) is 83.7 Å². The monoisotopic (exact) mass is 440 g/mol. The second-order valence-corrected chi connectivity index (χ2v) is 8.19. The summed E-state index contributed by atoms with van der Waals surface area (Å²) in [7, 11) is 0. The van der Waals surface area contributed by atoms with Crippen molar-refractivity contribution < 1.29 is 14.3 Å². The van der Waals surface area contributed by atoms with Crippen molar-refractivity contribution in [3.05, 3.63) is 106 Å². The van der Waals surface area contributed by atoms with Crippen molar-refractivity contribution in [3.63, 3.8) is 0 Å². The van der Waals surface area contributed by atoms with Gasteiger partial charge in [0.1, 0.15) is 12.7 Å². The number of aromatic nitrogens is 1. The number of aryl methyl sites for hydroxylation is 1. The van der Waals surface area contributed by atoms with Gasteiger partial charge in [0, 0.05) is 11.5 Å². The lowest BCUT2D eigenvalue weighted by Crippen LogP contribution is -2.41. The molecule has 5 rings (SSSR count). The van der Waals surface area contributed by atoms with Gasteiger partial charge in [0.2, 0.25) is 0 Å². The van der Waals surface area contributed by atoms with E-state index in [1.807, 2.05) is 79.7 Å². The summed E-state index contributed by atoms with van der Waals surface area (Å²) in [5.41, 5.74) is 3.05. The molecule has 0 saturated heterocycles. The van der Waals surface area contributed by atoms with Crippen molar-refractivity contribution in [3.8, 4) is 11.5 Å². The van der Waals surface area contributed by atoms with Gasteiger partial charge in [-0.2, -0.15) is 0 Å². The summed E-state index contributed by atoms with van der Waals surface area (Å²) < 4.78 is 13.3. The number of nitrogens with zero attached hydrogens (tertiary/aromatic N) is 1. The molecule has 33 heavy (non-hydrogen) atoms. The molecule has 1 amide bonds. The molecule has 1 aliphatic rings. The number of hydrogen-bond donors (Lipinski definition) is 1. The highest BCUT2D eigenvalue weighted by Crippen LogP contribution is 2.30. The van der Waals surface area contributed by atoms with Gasteiger partial charge in [0.05, 0.1) is 24.2 Å². The SMILES string of the molecule is Cc1ccc(Cn2c(=O)cc(C(=O)NCC3COc4ccccc4O3)c3ccccc32)cc1. The smallest absolute Gasteiger partial charge is 0.252 e. The van der Waals surface area contributed by atoms with E-state index in [1.165, 1.54) is 11.6 Å². The zero-order chi connectivity index (χ0) is 22.8. The Morgan fingerprint density at radius 1 is 1.00 bits per heavy atom. The number of hydrogen-bond acceptors (Lipinski definition) is 4. The van der Waals surface area contributed by atoms with Gasteiger partial charge in [0.25, 0.3) is 11.5 Å². The zero-order valence-electron chi connectivity index (χ0n) is 18.3. The predicted octanol–water partition coefficient (Wildman–Crippen LogP) is 3.93. The maximum absolute atomic E-state index is 13.1. The van der Waals surface area contributed by atoms with Crippen molar-refractivity contribution in [2.45, 2.75) is 19.6 Å². The van der Waals surface area contributed by atoms with Crippen LogP contribution >= 0.6 is 0 Å². The van der Waals surface area contributed by atoms with Crippen LogP contribution in [0.25, 0.3) is 10.9 Å². The molecule has 0 spiro atoms. The Hall–Kier alpha value is -4.06. The van der Waals surface area contributed by atoms with Crippen LogP contribution < -0.4 is 20.3 Å². The van der Waals surface area contributed by atoms with Crippen LogP contribution in [0.4, 0.5) is 0 Å². The van der Waals surface area contributed by atoms with Crippen LogP contribution in [-0.4, -0.2) is 29.7 Å². The number of amides is 1. The summed E-state index contributed by atoms with van der Waals surface area (Å²) in [6.07, 6.45) is -0.308. The van der Waals surface area contributed by atoms with E-state index in [4.69, 9.17) is 9.47 Å². The first-order chi connectivity index (χ1) is 16.1. The first-order valence-corrected chi connectivity index (χ1v) is 10.9. The number of rotatable bonds is 5. The van der Waals surface area contributed by atoms with Gasteiger partial charge < -0.3 is 19.4 Å². The fourth-order valence-electron chi connectivity index (χ4n) is 4.03. The highest BCUT2D eigenvalue weighted by atomic mass is 16.6. The van der Waals surface area contributed by atoms with Crippen LogP contribution in [0.1, 0.15) is 21.5 Å². The number of pyridine rings is 1. The summed E-state index contributed by atoms with van der Waals surface area (Å²) in [5, 5.41) is 3.63. The van der Waals surface area contributed by atoms with Crippen LogP contribution in [0.3, 0.4) is 0 Å². The van der Waals surface area contributed by atoms with Crippen molar-refractivity contribution >= 4 is 16.8 Å². The van der Waals surface area contributed by atoms with E-state index in [9.17, 15) is 9.59 Å². The normalized spacial score (nSPS) is 14.8. The largest absolute Gasteiger partial charge is 0.486 e. The quantitative estimate of drug-likeness (QED) is 0.511. The lowest BCUT2D eigenvalue weighted by Gasteiger charge is -2.26. The topological polar surface area (TPSA) is 69.6 Å². The second-order valence-electron chi connectivity index (χ2n) is 8.19. The molecule has 166 valence electrons. The molecule has 6 heteroatoms. The fourth-order valence-corrected chi connectivity index (χ4v) is 4.03. The highest BCUT2D eigenvalue weighted by molar-refractivity contribution is 6.06. The maximum Gasteiger partial charge on any atom is 0.252 e. The van der Waals surface area contributed by atoms with E-state index in [-0.39, 0.29) is 24.1 Å². The van der Waals surface area contributed by atoms with Gasteiger partial charge in [-0.15, -0.1) is 0 Å². The molecule has 1 aromatic heterocycles. The molecular weight excluding hydrogens is 416 g/mol. The Labute approximate surface area is 191 Å². The third kappa shape index (κ3) is 4.32. The minimum atomic E-state index is -0.312. The number of ether oxygens (including phenoxy) is 2. The molecule has 0 fully saturated rings. The first-order valence-electron chi connectivity index (χ1n) is 10.9. The Bertz CT molecular complexity index is 1380. The molecular formula is C27H24N2O4. The third-order valence-corrected chi connectivity index (χ3v) is 5.78. The van der Waals surface area contributed by atoms with Crippen molar-refractivity contribution in [1.29, 1.82) is 0 Å². The van der Waals surface area contributed by atoms with Gasteiger partial charge >= 0.3 is 0 Å². The number of carbonyl (C=O) groups is 1. The van der Waals surface area contributed by atoms with Gasteiger partial charge in [-0.1, -0.05) is 60.2 Å². The minimum Gasteiger partial charge on any atom is -0.486 e. The maximum atomic E-state index is 13.1. The average molecular weight is 440 g/mol. The summed E-state index contributed by atoms with van der Waals surface area (Å²) in [6.45, 7) is 3.08. The van der Waals surface area contributed by atoms with Gasteiger partial charge in [-0.05, 0) is 30.7 Å². The number of fused-ring (bicyclic) bond motifs is 2. The highest BCUT2D eigenvalue weighted by Gasteiger charge is 2.22. The molecule has 0 radical (unpaired) electrons. The van der Waals surface area contributed by atoms with Crippen LogP contribution in [0, 0.1) is 6.92 Å². The van der Waals surface area contributed by atoms with Crippen molar-refractivity contribution in [1.82, 2.24) is 9.88 Å². The molecule has 2 heterocycles. The average Bonchev–Trinajstić information content (AvgIpc) is 2.85. The number of para-hydroxylation sites is 3. The first kappa shape index (κ1) is 20.8. The molecule has 0 aliphatic carbocycles. The minimum absolute atomic E-state index is 0.217. The standard InChI is InChI=1S/C27H24N2O4/c1-18-10-12-19(13-11-18)16-29-23-7-3-2-6-21(23)22(14-26(29)30)27(31)28-15-20-17-32-24-8-4-5-9-25(24)33-20/h2-14,20H,15-17H2,1H3,(H,28,31).